The summed E-state index contributed by atoms with van der Waals surface area (Å²) in [5.74, 6) is -0.718. The number of nitrogens with one attached hydrogen (secondary N) is 1. The number of thiocarbonyl (C=S) groups is 1. The molecule has 166 valence electrons. The summed E-state index contributed by atoms with van der Waals surface area (Å²) in [5.41, 5.74) is 1.58. The van der Waals surface area contributed by atoms with E-state index in [1.807, 2.05) is 0 Å². The molecule has 0 saturated carbocycles. The number of esters is 1. The summed E-state index contributed by atoms with van der Waals surface area (Å²) < 4.78 is 11.6. The molecule has 0 aliphatic carbocycles. The number of nitrogens with zero attached hydrogens (tertiary/aromatic N) is 1. The Labute approximate surface area is 203 Å². The van der Waals surface area contributed by atoms with Crippen LogP contribution in [0.3, 0.4) is 0 Å². The lowest BCUT2D eigenvalue weighted by Gasteiger charge is -2.28. The number of carbonyl (C=O) groups is 3. The number of amides is 2. The van der Waals surface area contributed by atoms with Gasteiger partial charge in [0.2, 0.25) is 0 Å². The van der Waals surface area contributed by atoms with Gasteiger partial charge in [-0.05, 0) is 73.7 Å². The van der Waals surface area contributed by atoms with Gasteiger partial charge in [0, 0.05) is 10.0 Å². The van der Waals surface area contributed by atoms with Crippen LogP contribution in [0.5, 0.6) is 0 Å². The number of ether oxygens (including phenoxy) is 1. The van der Waals surface area contributed by atoms with Crippen LogP contribution in [0.4, 0.5) is 5.69 Å². The van der Waals surface area contributed by atoms with Crippen molar-refractivity contribution in [3.8, 4) is 11.3 Å². The van der Waals surface area contributed by atoms with Crippen molar-refractivity contribution in [2.75, 3.05) is 11.5 Å². The molecule has 2 heterocycles. The first-order chi connectivity index (χ1) is 15.9. The fourth-order valence-electron chi connectivity index (χ4n) is 3.19. The minimum Gasteiger partial charge on any atom is -0.462 e. The number of halogens is 1. The van der Waals surface area contributed by atoms with Crippen LogP contribution in [0.15, 0.2) is 75.1 Å². The topological polar surface area (TPSA) is 88.9 Å². The quantitative estimate of drug-likeness (QED) is 0.225. The van der Waals surface area contributed by atoms with E-state index < -0.39 is 17.8 Å². The molecule has 0 unspecified atom stereocenters. The van der Waals surface area contributed by atoms with Gasteiger partial charge in [-0.15, -0.1) is 0 Å². The highest BCUT2D eigenvalue weighted by Gasteiger charge is 2.34. The van der Waals surface area contributed by atoms with Crippen molar-refractivity contribution < 1.29 is 23.5 Å². The molecule has 1 aromatic heterocycles. The van der Waals surface area contributed by atoms with Crippen LogP contribution in [0, 0.1) is 0 Å². The van der Waals surface area contributed by atoms with Crippen molar-refractivity contribution >= 4 is 62.8 Å². The van der Waals surface area contributed by atoms with Crippen molar-refractivity contribution in [3.05, 3.63) is 82.0 Å². The van der Waals surface area contributed by atoms with Crippen molar-refractivity contribution in [1.29, 1.82) is 0 Å². The lowest BCUT2D eigenvalue weighted by molar-refractivity contribution is -0.122. The van der Waals surface area contributed by atoms with Crippen LogP contribution in [0.25, 0.3) is 17.4 Å². The Bertz CT molecular complexity index is 1280. The molecule has 7 nitrogen and oxygen atoms in total. The molecule has 1 aliphatic heterocycles. The Morgan fingerprint density at radius 3 is 2.45 bits per heavy atom. The van der Waals surface area contributed by atoms with E-state index >= 15 is 0 Å². The third-order valence-electron chi connectivity index (χ3n) is 4.78. The lowest BCUT2D eigenvalue weighted by Crippen LogP contribution is -2.54. The number of hydrogen-bond donors (Lipinski definition) is 1. The molecule has 33 heavy (non-hydrogen) atoms. The molecule has 1 saturated heterocycles. The molecule has 0 radical (unpaired) electrons. The Kier molecular flexibility index (Phi) is 6.52. The number of furan rings is 1. The minimum atomic E-state index is -0.602. The molecule has 1 fully saturated rings. The summed E-state index contributed by atoms with van der Waals surface area (Å²) in [5, 5.41) is 2.55. The predicted molar refractivity (Wildman–Crippen MR) is 130 cm³/mol. The molecular formula is C24H17BrN2O5S. The second-order valence-electron chi connectivity index (χ2n) is 6.93. The first-order valence-electron chi connectivity index (χ1n) is 9.92. The maximum Gasteiger partial charge on any atom is 0.338 e. The Balaban J connectivity index is 1.59. The molecule has 2 amide bonds. The van der Waals surface area contributed by atoms with Crippen molar-refractivity contribution in [3.63, 3.8) is 0 Å². The highest BCUT2D eigenvalue weighted by Crippen LogP contribution is 2.27. The zero-order valence-electron chi connectivity index (χ0n) is 17.3. The van der Waals surface area contributed by atoms with E-state index in [0.29, 0.717) is 29.4 Å². The fraction of sp³-hybridized carbons (Fsp3) is 0.0833. The zero-order valence-corrected chi connectivity index (χ0v) is 19.7. The van der Waals surface area contributed by atoms with E-state index in [0.717, 1.165) is 10.0 Å². The highest BCUT2D eigenvalue weighted by molar-refractivity contribution is 9.10. The van der Waals surface area contributed by atoms with E-state index in [2.05, 4.69) is 21.2 Å². The van der Waals surface area contributed by atoms with Crippen LogP contribution in [-0.2, 0) is 14.3 Å². The Morgan fingerprint density at radius 1 is 1.09 bits per heavy atom. The summed E-state index contributed by atoms with van der Waals surface area (Å²) in [6.07, 6.45) is 1.38. The van der Waals surface area contributed by atoms with Gasteiger partial charge in [-0.3, -0.25) is 19.8 Å². The third kappa shape index (κ3) is 4.79. The second-order valence-corrected chi connectivity index (χ2v) is 8.24. The largest absolute Gasteiger partial charge is 0.462 e. The first kappa shape index (κ1) is 22.6. The maximum absolute atomic E-state index is 13.1. The number of hydrogen-bond acceptors (Lipinski definition) is 6. The SMILES string of the molecule is CCOC(=O)c1ccc(-c2ccc(/C=C3\C(=O)NC(=S)N(c4ccc(Br)cc4)C3=O)o2)cc1. The smallest absolute Gasteiger partial charge is 0.338 e. The molecule has 1 aliphatic rings. The Morgan fingerprint density at radius 2 is 1.79 bits per heavy atom. The van der Waals surface area contributed by atoms with Crippen molar-refractivity contribution in [2.45, 2.75) is 6.92 Å². The van der Waals surface area contributed by atoms with E-state index in [1.165, 1.54) is 11.0 Å². The van der Waals surface area contributed by atoms with Gasteiger partial charge in [-0.25, -0.2) is 4.79 Å². The molecule has 2 aromatic carbocycles. The number of anilines is 1. The van der Waals surface area contributed by atoms with E-state index in [1.54, 1.807) is 67.6 Å². The first-order valence-corrected chi connectivity index (χ1v) is 11.1. The third-order valence-corrected chi connectivity index (χ3v) is 5.59. The van der Waals surface area contributed by atoms with Gasteiger partial charge >= 0.3 is 5.97 Å². The van der Waals surface area contributed by atoms with E-state index in [4.69, 9.17) is 21.4 Å². The van der Waals surface area contributed by atoms with Gasteiger partial charge in [-0.1, -0.05) is 28.1 Å². The van der Waals surface area contributed by atoms with Gasteiger partial charge in [0.05, 0.1) is 17.9 Å². The molecule has 0 atom stereocenters. The maximum atomic E-state index is 13.1. The summed E-state index contributed by atoms with van der Waals surface area (Å²) in [7, 11) is 0. The van der Waals surface area contributed by atoms with Crippen LogP contribution < -0.4 is 10.2 Å². The van der Waals surface area contributed by atoms with Crippen LogP contribution >= 0.6 is 28.1 Å². The van der Waals surface area contributed by atoms with Crippen molar-refractivity contribution in [2.24, 2.45) is 0 Å². The average Bonchev–Trinajstić information content (AvgIpc) is 3.27. The molecule has 9 heteroatoms. The van der Waals surface area contributed by atoms with Gasteiger partial charge in [0.25, 0.3) is 11.8 Å². The Hall–Kier alpha value is -3.56. The molecule has 4 rings (SSSR count). The van der Waals surface area contributed by atoms with Gasteiger partial charge in [0.1, 0.15) is 17.1 Å². The number of rotatable bonds is 5. The fourth-order valence-corrected chi connectivity index (χ4v) is 3.74. The molecular weight excluding hydrogens is 508 g/mol. The lowest BCUT2D eigenvalue weighted by atomic mass is 10.1. The summed E-state index contributed by atoms with van der Waals surface area (Å²) in [4.78, 5) is 38.6. The van der Waals surface area contributed by atoms with Gasteiger partial charge in [0.15, 0.2) is 5.11 Å². The molecule has 0 bridgehead atoms. The van der Waals surface area contributed by atoms with Crippen molar-refractivity contribution in [1.82, 2.24) is 5.32 Å². The second kappa shape index (κ2) is 9.51. The highest BCUT2D eigenvalue weighted by atomic mass is 79.9. The number of benzene rings is 2. The summed E-state index contributed by atoms with van der Waals surface area (Å²) in [6.45, 7) is 2.04. The van der Waals surface area contributed by atoms with Crippen LogP contribution in [-0.4, -0.2) is 29.5 Å². The molecule has 3 aromatic rings. The predicted octanol–water partition coefficient (Wildman–Crippen LogP) is 4.72. The number of carbonyl (C=O) groups excluding carboxylic acids is 3. The van der Waals surface area contributed by atoms with Gasteiger partial charge < -0.3 is 9.15 Å². The average molecular weight is 525 g/mol. The monoisotopic (exact) mass is 524 g/mol. The van der Waals surface area contributed by atoms with Gasteiger partial charge in [-0.2, -0.15) is 0 Å². The minimum absolute atomic E-state index is 0.00583. The standard InChI is InChI=1S/C24H17BrN2O5S/c1-2-31-23(30)15-5-3-14(4-6-15)20-12-11-18(32-20)13-19-21(28)26-24(33)27(22(19)29)17-9-7-16(25)8-10-17/h3-13H,2H2,1H3,(H,26,28,33)/b19-13+. The summed E-state index contributed by atoms with van der Waals surface area (Å²) in [6, 6.07) is 17.1. The van der Waals surface area contributed by atoms with E-state index in [9.17, 15) is 14.4 Å². The van der Waals surface area contributed by atoms with Crippen LogP contribution in [0.2, 0.25) is 0 Å². The summed E-state index contributed by atoms with van der Waals surface area (Å²) >= 11 is 8.56. The molecule has 0 spiro atoms. The normalized spacial score (nSPS) is 15.0. The zero-order chi connectivity index (χ0) is 23.5. The van der Waals surface area contributed by atoms with Crippen LogP contribution in [0.1, 0.15) is 23.0 Å². The van der Waals surface area contributed by atoms with E-state index in [-0.39, 0.29) is 10.7 Å². The molecule has 1 N–H and O–H groups in total.